The number of carbonyl (C=O) groups is 2. The summed E-state index contributed by atoms with van der Waals surface area (Å²) in [5.41, 5.74) is 5.74. The van der Waals surface area contributed by atoms with Gasteiger partial charge in [0.2, 0.25) is 5.91 Å². The van der Waals surface area contributed by atoms with Crippen LogP contribution in [-0.2, 0) is 10.3 Å². The van der Waals surface area contributed by atoms with Crippen molar-refractivity contribution in [1.82, 2.24) is 10.6 Å². The van der Waals surface area contributed by atoms with Crippen LogP contribution in [0, 0.1) is 0 Å². The van der Waals surface area contributed by atoms with Crippen molar-refractivity contribution >= 4 is 23.5 Å². The van der Waals surface area contributed by atoms with Gasteiger partial charge in [0.15, 0.2) is 0 Å². The average molecular weight is 324 g/mol. The molecular formula is C16H22ClN3O2. The van der Waals surface area contributed by atoms with Crippen LogP contribution < -0.4 is 16.4 Å². The van der Waals surface area contributed by atoms with Crippen molar-refractivity contribution in [3.8, 4) is 0 Å². The highest BCUT2D eigenvalue weighted by Gasteiger charge is 2.36. The second kappa shape index (κ2) is 7.01. The maximum atomic E-state index is 12.4. The summed E-state index contributed by atoms with van der Waals surface area (Å²) < 4.78 is 0. The van der Waals surface area contributed by atoms with Gasteiger partial charge in [0.1, 0.15) is 6.04 Å². The van der Waals surface area contributed by atoms with Gasteiger partial charge in [-0.3, -0.25) is 4.79 Å². The second-order valence-electron chi connectivity index (χ2n) is 5.87. The van der Waals surface area contributed by atoms with E-state index in [1.807, 2.05) is 24.3 Å². The fraction of sp³-hybridized carbons (Fsp3) is 0.500. The van der Waals surface area contributed by atoms with E-state index in [0.29, 0.717) is 5.02 Å². The molecule has 1 fully saturated rings. The predicted molar refractivity (Wildman–Crippen MR) is 86.5 cm³/mol. The zero-order chi connectivity index (χ0) is 16.2. The van der Waals surface area contributed by atoms with Gasteiger partial charge in [0.25, 0.3) is 0 Å². The summed E-state index contributed by atoms with van der Waals surface area (Å²) in [6.45, 7) is 1.62. The molecule has 1 saturated carbocycles. The van der Waals surface area contributed by atoms with Crippen LogP contribution in [0.3, 0.4) is 0 Å². The van der Waals surface area contributed by atoms with Gasteiger partial charge in [-0.1, -0.05) is 43.0 Å². The van der Waals surface area contributed by atoms with Gasteiger partial charge in [-0.2, -0.15) is 0 Å². The normalized spacial score (nSPS) is 18.3. The largest absolute Gasteiger partial charge is 0.352 e. The molecule has 120 valence electrons. The molecule has 4 N–H and O–H groups in total. The van der Waals surface area contributed by atoms with Crippen LogP contribution in [0.4, 0.5) is 4.79 Å². The van der Waals surface area contributed by atoms with Crippen LogP contribution in [0.2, 0.25) is 5.02 Å². The van der Waals surface area contributed by atoms with Crippen molar-refractivity contribution in [1.29, 1.82) is 0 Å². The molecule has 0 unspecified atom stereocenters. The number of amides is 3. The molecule has 6 heteroatoms. The maximum Gasteiger partial charge on any atom is 0.312 e. The summed E-state index contributed by atoms with van der Waals surface area (Å²) >= 11 is 5.96. The molecule has 0 aromatic heterocycles. The molecular weight excluding hydrogens is 302 g/mol. The van der Waals surface area contributed by atoms with Gasteiger partial charge < -0.3 is 16.4 Å². The molecule has 5 nitrogen and oxygen atoms in total. The van der Waals surface area contributed by atoms with Crippen molar-refractivity contribution < 1.29 is 9.59 Å². The molecule has 1 aliphatic carbocycles. The maximum absolute atomic E-state index is 12.4. The van der Waals surface area contributed by atoms with E-state index in [4.69, 9.17) is 17.3 Å². The van der Waals surface area contributed by atoms with Crippen LogP contribution in [-0.4, -0.2) is 18.0 Å². The van der Waals surface area contributed by atoms with Crippen molar-refractivity contribution in [3.63, 3.8) is 0 Å². The Bertz CT molecular complexity index is 539. The first-order valence-electron chi connectivity index (χ1n) is 7.57. The standard InChI is InChI=1S/C16H22ClN3O2/c1-11(19-15(18)22)14(21)20-16(9-3-2-4-10-16)12-5-7-13(17)8-6-12/h5-8,11H,2-4,9-10H2,1H3,(H,20,21)(H3,18,19,22)/t11-/m0/s1. The number of benzene rings is 1. The van der Waals surface area contributed by atoms with Gasteiger partial charge in [0, 0.05) is 5.02 Å². The van der Waals surface area contributed by atoms with Crippen molar-refractivity contribution in [3.05, 3.63) is 34.9 Å². The molecule has 0 heterocycles. The van der Waals surface area contributed by atoms with Gasteiger partial charge >= 0.3 is 6.03 Å². The number of primary amides is 1. The Hall–Kier alpha value is -1.75. The number of urea groups is 1. The monoisotopic (exact) mass is 323 g/mol. The van der Waals surface area contributed by atoms with Crippen molar-refractivity contribution in [2.75, 3.05) is 0 Å². The molecule has 0 saturated heterocycles. The smallest absolute Gasteiger partial charge is 0.312 e. The third-order valence-corrected chi connectivity index (χ3v) is 4.47. The Morgan fingerprint density at radius 2 is 1.77 bits per heavy atom. The van der Waals surface area contributed by atoms with Gasteiger partial charge in [-0.05, 0) is 37.5 Å². The molecule has 1 atom stereocenters. The van der Waals surface area contributed by atoms with E-state index >= 15 is 0 Å². The SMILES string of the molecule is C[C@H](NC(N)=O)C(=O)NC1(c2ccc(Cl)cc2)CCCCC1. The number of halogens is 1. The number of nitrogens with one attached hydrogen (secondary N) is 2. The minimum atomic E-state index is -0.702. The third kappa shape index (κ3) is 3.91. The second-order valence-corrected chi connectivity index (χ2v) is 6.31. The molecule has 1 aliphatic rings. The lowest BCUT2D eigenvalue weighted by Gasteiger charge is -2.39. The van der Waals surface area contributed by atoms with Crippen molar-refractivity contribution in [2.45, 2.75) is 50.6 Å². The van der Waals surface area contributed by atoms with E-state index in [9.17, 15) is 9.59 Å². The van der Waals surface area contributed by atoms with Crippen LogP contribution in [0.5, 0.6) is 0 Å². The van der Waals surface area contributed by atoms with E-state index in [1.54, 1.807) is 6.92 Å². The summed E-state index contributed by atoms with van der Waals surface area (Å²) in [4.78, 5) is 23.3. The van der Waals surface area contributed by atoms with Gasteiger partial charge in [-0.25, -0.2) is 4.79 Å². The van der Waals surface area contributed by atoms with E-state index in [-0.39, 0.29) is 5.91 Å². The summed E-state index contributed by atoms with van der Waals surface area (Å²) in [6, 6.07) is 6.23. The summed E-state index contributed by atoms with van der Waals surface area (Å²) in [5, 5.41) is 6.21. The number of hydrogen-bond donors (Lipinski definition) is 3. The lowest BCUT2D eigenvalue weighted by Crippen LogP contribution is -2.54. The van der Waals surface area contributed by atoms with Gasteiger partial charge in [-0.15, -0.1) is 0 Å². The molecule has 22 heavy (non-hydrogen) atoms. The number of hydrogen-bond acceptors (Lipinski definition) is 2. The first-order valence-corrected chi connectivity index (χ1v) is 7.95. The lowest BCUT2D eigenvalue weighted by molar-refractivity contribution is -0.125. The molecule has 0 aliphatic heterocycles. The Morgan fingerprint density at radius 1 is 1.18 bits per heavy atom. The fourth-order valence-corrected chi connectivity index (χ4v) is 3.16. The van der Waals surface area contributed by atoms with Crippen LogP contribution in [0.25, 0.3) is 0 Å². The van der Waals surface area contributed by atoms with Crippen LogP contribution >= 0.6 is 11.6 Å². The molecule has 3 amide bonds. The van der Waals surface area contributed by atoms with E-state index in [1.165, 1.54) is 6.42 Å². The summed E-state index contributed by atoms with van der Waals surface area (Å²) in [7, 11) is 0. The highest BCUT2D eigenvalue weighted by Crippen LogP contribution is 2.37. The van der Waals surface area contributed by atoms with E-state index < -0.39 is 17.6 Å². The molecule has 1 aromatic rings. The zero-order valence-electron chi connectivity index (χ0n) is 12.7. The molecule has 0 spiro atoms. The molecule has 2 rings (SSSR count). The van der Waals surface area contributed by atoms with Gasteiger partial charge in [0.05, 0.1) is 5.54 Å². The highest BCUT2D eigenvalue weighted by atomic mass is 35.5. The zero-order valence-corrected chi connectivity index (χ0v) is 13.5. The summed E-state index contributed by atoms with van der Waals surface area (Å²) in [5.74, 6) is -0.226. The van der Waals surface area contributed by atoms with Crippen LogP contribution in [0.1, 0.15) is 44.6 Å². The first kappa shape index (κ1) is 16.6. The van der Waals surface area contributed by atoms with E-state index in [0.717, 1.165) is 31.2 Å². The number of nitrogens with two attached hydrogens (primary N) is 1. The Balaban J connectivity index is 2.20. The highest BCUT2D eigenvalue weighted by molar-refractivity contribution is 6.30. The van der Waals surface area contributed by atoms with E-state index in [2.05, 4.69) is 10.6 Å². The Labute approximate surface area is 135 Å². The minimum absolute atomic E-state index is 0.226. The van der Waals surface area contributed by atoms with Crippen molar-refractivity contribution in [2.24, 2.45) is 5.73 Å². The Kier molecular flexibility index (Phi) is 5.29. The topological polar surface area (TPSA) is 84.2 Å². The number of carbonyl (C=O) groups excluding carboxylic acids is 2. The van der Waals surface area contributed by atoms with Crippen LogP contribution in [0.15, 0.2) is 24.3 Å². The predicted octanol–water partition coefficient (Wildman–Crippen LogP) is 2.67. The summed E-state index contributed by atoms with van der Waals surface area (Å²) in [6.07, 6.45) is 5.04. The fourth-order valence-electron chi connectivity index (χ4n) is 3.03. The molecule has 1 aromatic carbocycles. The number of rotatable bonds is 4. The lowest BCUT2D eigenvalue weighted by atomic mass is 9.76. The average Bonchev–Trinajstić information content (AvgIpc) is 2.48. The molecule has 0 radical (unpaired) electrons. The Morgan fingerprint density at radius 3 is 2.32 bits per heavy atom. The first-order chi connectivity index (χ1) is 10.4. The third-order valence-electron chi connectivity index (χ3n) is 4.22. The molecule has 0 bridgehead atoms. The minimum Gasteiger partial charge on any atom is -0.352 e. The quantitative estimate of drug-likeness (QED) is 0.796.